The lowest BCUT2D eigenvalue weighted by Crippen LogP contribution is -2.10. The molecule has 1 aliphatic rings. The molecule has 1 heterocycles. The number of benzene rings is 1. The number of esters is 1. The number of hydrogen-bond acceptors (Lipinski definition) is 3. The first-order valence-electron chi connectivity index (χ1n) is 8.67. The van der Waals surface area contributed by atoms with E-state index < -0.39 is 0 Å². The highest BCUT2D eigenvalue weighted by Gasteiger charge is 2.24. The van der Waals surface area contributed by atoms with Gasteiger partial charge in [0.25, 0.3) is 0 Å². The van der Waals surface area contributed by atoms with Crippen LogP contribution in [0.1, 0.15) is 67.8 Å². The second-order valence-corrected chi connectivity index (χ2v) is 6.13. The van der Waals surface area contributed by atoms with Crippen molar-refractivity contribution < 1.29 is 14.3 Å². The Hall–Kier alpha value is -1.35. The van der Waals surface area contributed by atoms with Crippen LogP contribution in [0.5, 0.6) is 0 Å². The van der Waals surface area contributed by atoms with Crippen LogP contribution in [0.3, 0.4) is 0 Å². The van der Waals surface area contributed by atoms with Crippen LogP contribution in [0.25, 0.3) is 0 Å². The summed E-state index contributed by atoms with van der Waals surface area (Å²) >= 11 is 0. The standard InChI is InChI=1S/C19H28O3/c1-2-3-4-5-6-7-8-10-16-11-9-12-17(13-16)19(20)22-15-18-14-21-18/h9,11-13,18H,2-8,10,14-15H2,1H3. The van der Waals surface area contributed by atoms with Crippen LogP contribution in [0.15, 0.2) is 24.3 Å². The lowest BCUT2D eigenvalue weighted by Gasteiger charge is -2.06. The quantitative estimate of drug-likeness (QED) is 0.342. The highest BCUT2D eigenvalue weighted by atomic mass is 16.6. The molecule has 1 atom stereocenters. The zero-order valence-electron chi connectivity index (χ0n) is 13.7. The first kappa shape index (κ1) is 17.0. The average molecular weight is 304 g/mol. The maximum absolute atomic E-state index is 11.9. The average Bonchev–Trinajstić information content (AvgIpc) is 3.36. The van der Waals surface area contributed by atoms with E-state index in [1.807, 2.05) is 18.2 Å². The van der Waals surface area contributed by atoms with E-state index in [0.717, 1.165) is 6.42 Å². The Bertz CT molecular complexity index is 452. The van der Waals surface area contributed by atoms with Crippen molar-refractivity contribution in [2.75, 3.05) is 13.2 Å². The van der Waals surface area contributed by atoms with Gasteiger partial charge >= 0.3 is 5.97 Å². The Morgan fingerprint density at radius 2 is 1.91 bits per heavy atom. The van der Waals surface area contributed by atoms with Crippen LogP contribution in [-0.2, 0) is 15.9 Å². The van der Waals surface area contributed by atoms with Gasteiger partial charge in [-0.15, -0.1) is 0 Å². The summed E-state index contributed by atoms with van der Waals surface area (Å²) in [6.07, 6.45) is 10.3. The van der Waals surface area contributed by atoms with E-state index in [1.54, 1.807) is 0 Å². The molecule has 1 aliphatic heterocycles. The van der Waals surface area contributed by atoms with Gasteiger partial charge in [0.15, 0.2) is 0 Å². The third-order valence-electron chi connectivity index (χ3n) is 4.03. The molecule has 1 aromatic rings. The molecule has 1 aromatic carbocycles. The molecule has 1 unspecified atom stereocenters. The molecular formula is C19H28O3. The SMILES string of the molecule is CCCCCCCCCc1cccc(C(=O)OCC2CO2)c1. The zero-order valence-corrected chi connectivity index (χ0v) is 13.7. The van der Waals surface area contributed by atoms with Crippen molar-refractivity contribution in [1.82, 2.24) is 0 Å². The second-order valence-electron chi connectivity index (χ2n) is 6.13. The van der Waals surface area contributed by atoms with Crippen LogP contribution in [0, 0.1) is 0 Å². The number of carbonyl (C=O) groups excluding carboxylic acids is 1. The Labute approximate surface area is 134 Å². The molecule has 0 radical (unpaired) electrons. The van der Waals surface area contributed by atoms with Gasteiger partial charge < -0.3 is 9.47 Å². The van der Waals surface area contributed by atoms with E-state index >= 15 is 0 Å². The van der Waals surface area contributed by atoms with Crippen molar-refractivity contribution in [2.24, 2.45) is 0 Å². The van der Waals surface area contributed by atoms with Crippen molar-refractivity contribution in [1.29, 1.82) is 0 Å². The molecule has 0 bridgehead atoms. The van der Waals surface area contributed by atoms with Gasteiger partial charge in [0.05, 0.1) is 12.2 Å². The number of hydrogen-bond donors (Lipinski definition) is 0. The lowest BCUT2D eigenvalue weighted by atomic mass is 10.0. The molecule has 0 aromatic heterocycles. The number of rotatable bonds is 11. The largest absolute Gasteiger partial charge is 0.459 e. The van der Waals surface area contributed by atoms with Gasteiger partial charge in [0.2, 0.25) is 0 Å². The maximum Gasteiger partial charge on any atom is 0.338 e. The van der Waals surface area contributed by atoms with Gasteiger partial charge in [0.1, 0.15) is 12.7 Å². The third kappa shape index (κ3) is 6.61. The number of carbonyl (C=O) groups is 1. The Kier molecular flexibility index (Phi) is 7.44. The first-order valence-corrected chi connectivity index (χ1v) is 8.67. The van der Waals surface area contributed by atoms with Gasteiger partial charge in [-0.1, -0.05) is 57.6 Å². The van der Waals surface area contributed by atoms with Crippen LogP contribution < -0.4 is 0 Å². The van der Waals surface area contributed by atoms with Crippen molar-refractivity contribution in [3.05, 3.63) is 35.4 Å². The molecule has 0 N–H and O–H groups in total. The summed E-state index contributed by atoms with van der Waals surface area (Å²) in [5.41, 5.74) is 1.88. The summed E-state index contributed by atoms with van der Waals surface area (Å²) in [5, 5.41) is 0. The fourth-order valence-electron chi connectivity index (χ4n) is 2.56. The molecule has 2 rings (SSSR count). The smallest absolute Gasteiger partial charge is 0.338 e. The van der Waals surface area contributed by atoms with Crippen molar-refractivity contribution in [3.63, 3.8) is 0 Å². The number of unbranched alkanes of at least 4 members (excludes halogenated alkanes) is 6. The van der Waals surface area contributed by atoms with Crippen molar-refractivity contribution in [3.8, 4) is 0 Å². The van der Waals surface area contributed by atoms with Gasteiger partial charge in [0, 0.05) is 0 Å². The Morgan fingerprint density at radius 3 is 2.64 bits per heavy atom. The normalized spacial score (nSPS) is 16.5. The minimum Gasteiger partial charge on any atom is -0.459 e. The van der Waals surface area contributed by atoms with Gasteiger partial charge in [-0.2, -0.15) is 0 Å². The molecule has 0 aliphatic carbocycles. The number of epoxide rings is 1. The Balaban J connectivity index is 1.65. The molecular weight excluding hydrogens is 276 g/mol. The van der Waals surface area contributed by atoms with E-state index in [-0.39, 0.29) is 12.1 Å². The zero-order chi connectivity index (χ0) is 15.6. The predicted octanol–water partition coefficient (Wildman–Crippen LogP) is 4.54. The van der Waals surface area contributed by atoms with E-state index in [0.29, 0.717) is 18.8 Å². The minimum absolute atomic E-state index is 0.125. The monoisotopic (exact) mass is 304 g/mol. The number of ether oxygens (including phenoxy) is 2. The fourth-order valence-corrected chi connectivity index (χ4v) is 2.56. The molecule has 122 valence electrons. The number of aryl methyl sites for hydroxylation is 1. The van der Waals surface area contributed by atoms with Crippen LogP contribution in [0.4, 0.5) is 0 Å². The molecule has 0 saturated carbocycles. The third-order valence-corrected chi connectivity index (χ3v) is 4.03. The van der Waals surface area contributed by atoms with Gasteiger partial charge in [-0.25, -0.2) is 4.79 Å². The minimum atomic E-state index is -0.239. The highest BCUT2D eigenvalue weighted by Crippen LogP contribution is 2.14. The Morgan fingerprint density at radius 1 is 1.18 bits per heavy atom. The van der Waals surface area contributed by atoms with Crippen LogP contribution in [-0.4, -0.2) is 25.3 Å². The molecule has 0 spiro atoms. The van der Waals surface area contributed by atoms with Gasteiger partial charge in [-0.3, -0.25) is 0 Å². The molecule has 22 heavy (non-hydrogen) atoms. The summed E-state index contributed by atoms with van der Waals surface area (Å²) in [6.45, 7) is 3.34. The molecule has 3 heteroatoms. The van der Waals surface area contributed by atoms with E-state index in [4.69, 9.17) is 9.47 Å². The van der Waals surface area contributed by atoms with Crippen molar-refractivity contribution in [2.45, 2.75) is 64.4 Å². The predicted molar refractivity (Wildman–Crippen MR) is 88.2 cm³/mol. The lowest BCUT2D eigenvalue weighted by molar-refractivity contribution is 0.0476. The van der Waals surface area contributed by atoms with Gasteiger partial charge in [-0.05, 0) is 30.5 Å². The summed E-state index contributed by atoms with van der Waals surface area (Å²) < 4.78 is 10.3. The summed E-state index contributed by atoms with van der Waals surface area (Å²) in [4.78, 5) is 11.9. The summed E-state index contributed by atoms with van der Waals surface area (Å²) in [7, 11) is 0. The maximum atomic E-state index is 11.9. The molecule has 1 fully saturated rings. The topological polar surface area (TPSA) is 38.8 Å². The molecule has 0 amide bonds. The van der Waals surface area contributed by atoms with Crippen LogP contribution in [0.2, 0.25) is 0 Å². The molecule has 1 saturated heterocycles. The first-order chi connectivity index (χ1) is 10.8. The highest BCUT2D eigenvalue weighted by molar-refractivity contribution is 5.89. The van der Waals surface area contributed by atoms with Crippen molar-refractivity contribution >= 4 is 5.97 Å². The van der Waals surface area contributed by atoms with E-state index in [2.05, 4.69) is 13.0 Å². The molecule has 3 nitrogen and oxygen atoms in total. The second kappa shape index (κ2) is 9.62. The summed E-state index contributed by atoms with van der Waals surface area (Å²) in [6, 6.07) is 7.83. The fraction of sp³-hybridized carbons (Fsp3) is 0.632. The van der Waals surface area contributed by atoms with E-state index in [9.17, 15) is 4.79 Å². The summed E-state index contributed by atoms with van der Waals surface area (Å²) in [5.74, 6) is -0.239. The van der Waals surface area contributed by atoms with E-state index in [1.165, 1.54) is 50.5 Å². The van der Waals surface area contributed by atoms with Crippen LogP contribution >= 0.6 is 0 Å².